The number of likely N-dealkylation sites (tertiary alicyclic amines) is 1. The molecule has 3 rings (SSSR count). The highest BCUT2D eigenvalue weighted by atomic mass is 35.5. The van der Waals surface area contributed by atoms with Crippen molar-refractivity contribution in [1.82, 2.24) is 10.2 Å². The van der Waals surface area contributed by atoms with Gasteiger partial charge in [0.1, 0.15) is 6.04 Å². The van der Waals surface area contributed by atoms with E-state index in [1.165, 1.54) is 36.6 Å². The fraction of sp³-hybridized carbons (Fsp3) is 0.409. The highest BCUT2D eigenvalue weighted by Crippen LogP contribution is 2.29. The van der Waals surface area contributed by atoms with Gasteiger partial charge in [-0.05, 0) is 62.2 Å². The molecule has 1 aliphatic rings. The molecule has 1 saturated heterocycles. The van der Waals surface area contributed by atoms with Crippen LogP contribution >= 0.6 is 23.2 Å². The molecule has 1 N–H and O–H groups in total. The third-order valence-electron chi connectivity index (χ3n) is 5.41. The summed E-state index contributed by atoms with van der Waals surface area (Å²) < 4.78 is 26.0. The van der Waals surface area contributed by atoms with Crippen molar-refractivity contribution >= 4 is 44.8 Å². The summed E-state index contributed by atoms with van der Waals surface area (Å²) in [6.07, 6.45) is 3.49. The quantitative estimate of drug-likeness (QED) is 0.614. The molecule has 2 aromatic rings. The van der Waals surface area contributed by atoms with E-state index in [-0.39, 0.29) is 10.7 Å². The number of nitrogens with one attached hydrogen (secondary N) is 1. The molecule has 31 heavy (non-hydrogen) atoms. The van der Waals surface area contributed by atoms with Gasteiger partial charge in [0.2, 0.25) is 15.9 Å². The molecule has 0 radical (unpaired) electrons. The van der Waals surface area contributed by atoms with Crippen LogP contribution in [0.3, 0.4) is 0 Å². The average Bonchev–Trinajstić information content (AvgIpc) is 3.22. The fourth-order valence-electron chi connectivity index (χ4n) is 3.83. The summed E-state index contributed by atoms with van der Waals surface area (Å²) >= 11 is 12.0. The van der Waals surface area contributed by atoms with Crippen molar-refractivity contribution in [3.05, 3.63) is 63.6 Å². The van der Waals surface area contributed by atoms with Gasteiger partial charge < -0.3 is 5.32 Å². The number of benzene rings is 2. The van der Waals surface area contributed by atoms with Gasteiger partial charge in [-0.1, -0.05) is 47.5 Å². The Hall–Kier alpha value is -1.80. The molecule has 1 aliphatic heterocycles. The normalized spacial score (nSPS) is 15.6. The summed E-state index contributed by atoms with van der Waals surface area (Å²) in [7, 11) is -3.73. The predicted molar refractivity (Wildman–Crippen MR) is 126 cm³/mol. The molecule has 168 valence electrons. The van der Waals surface area contributed by atoms with E-state index in [0.29, 0.717) is 11.6 Å². The summed E-state index contributed by atoms with van der Waals surface area (Å²) in [4.78, 5) is 15.3. The minimum Gasteiger partial charge on any atom is -0.350 e. The van der Waals surface area contributed by atoms with Crippen LogP contribution in [-0.4, -0.2) is 44.6 Å². The van der Waals surface area contributed by atoms with Gasteiger partial charge in [-0.15, -0.1) is 0 Å². The number of rotatable bonds is 8. The van der Waals surface area contributed by atoms with E-state index in [2.05, 4.69) is 16.3 Å². The Balaban J connectivity index is 1.73. The molecule has 1 amide bonds. The highest BCUT2D eigenvalue weighted by Gasteiger charge is 2.29. The zero-order valence-electron chi connectivity index (χ0n) is 17.6. The minimum absolute atomic E-state index is 0.219. The van der Waals surface area contributed by atoms with Crippen LogP contribution in [0.4, 0.5) is 5.69 Å². The van der Waals surface area contributed by atoms with Crippen molar-refractivity contribution in [3.63, 3.8) is 0 Å². The minimum atomic E-state index is -3.73. The Morgan fingerprint density at radius 3 is 2.35 bits per heavy atom. The maximum atomic E-state index is 12.9. The van der Waals surface area contributed by atoms with Gasteiger partial charge in [0.15, 0.2) is 0 Å². The van der Waals surface area contributed by atoms with E-state index >= 15 is 0 Å². The first kappa shape index (κ1) is 23.9. The van der Waals surface area contributed by atoms with E-state index in [4.69, 9.17) is 23.2 Å². The molecule has 9 heteroatoms. The Morgan fingerprint density at radius 1 is 1.10 bits per heavy atom. The average molecular weight is 484 g/mol. The Kier molecular flexibility index (Phi) is 7.86. The summed E-state index contributed by atoms with van der Waals surface area (Å²) in [5.74, 6) is -0.396. The van der Waals surface area contributed by atoms with Gasteiger partial charge in [0, 0.05) is 13.1 Å². The number of hydrogen-bond acceptors (Lipinski definition) is 4. The van der Waals surface area contributed by atoms with Crippen molar-refractivity contribution in [1.29, 1.82) is 0 Å². The highest BCUT2D eigenvalue weighted by molar-refractivity contribution is 7.92. The molecule has 1 atom stereocenters. The lowest BCUT2D eigenvalue weighted by Crippen LogP contribution is -2.47. The third-order valence-corrected chi connectivity index (χ3v) is 7.39. The number of nitrogens with zero attached hydrogens (tertiary/aromatic N) is 2. The standard InChI is InChI=1S/C22H27Cl2N3O3S/c1-16(27(31(2,29)30)19-9-10-20(23)21(24)13-19)22(28)25-14-17-7-3-4-8-18(17)15-26-11-5-6-12-26/h3-4,7-10,13,16H,5-6,11-12,14-15H2,1-2H3,(H,25,28). The second-order valence-electron chi connectivity index (χ2n) is 7.80. The number of halogens is 2. The Bertz CT molecular complexity index is 1040. The van der Waals surface area contributed by atoms with Crippen molar-refractivity contribution < 1.29 is 13.2 Å². The summed E-state index contributed by atoms with van der Waals surface area (Å²) in [5, 5.41) is 3.42. The van der Waals surface area contributed by atoms with Gasteiger partial charge in [0.25, 0.3) is 0 Å². The first-order valence-corrected chi connectivity index (χ1v) is 12.8. The fourth-order valence-corrected chi connectivity index (χ4v) is 5.29. The number of carbonyl (C=O) groups is 1. The first-order valence-electron chi connectivity index (χ1n) is 10.2. The maximum Gasteiger partial charge on any atom is 0.243 e. The van der Waals surface area contributed by atoms with Crippen LogP contribution in [0, 0.1) is 0 Å². The zero-order valence-corrected chi connectivity index (χ0v) is 20.0. The van der Waals surface area contributed by atoms with Gasteiger partial charge in [-0.25, -0.2) is 8.42 Å². The molecular weight excluding hydrogens is 457 g/mol. The smallest absolute Gasteiger partial charge is 0.243 e. The molecule has 1 fully saturated rings. The van der Waals surface area contributed by atoms with Crippen LogP contribution in [-0.2, 0) is 27.9 Å². The van der Waals surface area contributed by atoms with Gasteiger partial charge in [-0.3, -0.25) is 14.0 Å². The van der Waals surface area contributed by atoms with Crippen molar-refractivity contribution in [3.8, 4) is 0 Å². The lowest BCUT2D eigenvalue weighted by atomic mass is 10.1. The topological polar surface area (TPSA) is 69.7 Å². The second kappa shape index (κ2) is 10.2. The van der Waals surface area contributed by atoms with Gasteiger partial charge in [0.05, 0.1) is 22.0 Å². The number of amides is 1. The van der Waals surface area contributed by atoms with Gasteiger partial charge >= 0.3 is 0 Å². The maximum absolute atomic E-state index is 12.9. The largest absolute Gasteiger partial charge is 0.350 e. The molecule has 0 aromatic heterocycles. The van der Waals surface area contributed by atoms with Gasteiger partial charge in [-0.2, -0.15) is 0 Å². The van der Waals surface area contributed by atoms with Crippen molar-refractivity contribution in [2.75, 3.05) is 23.7 Å². The van der Waals surface area contributed by atoms with E-state index in [9.17, 15) is 13.2 Å². The van der Waals surface area contributed by atoms with E-state index < -0.39 is 22.0 Å². The third kappa shape index (κ3) is 6.13. The van der Waals surface area contributed by atoms with Crippen LogP contribution in [0.5, 0.6) is 0 Å². The molecule has 0 spiro atoms. The molecule has 0 bridgehead atoms. The first-order chi connectivity index (χ1) is 14.7. The van der Waals surface area contributed by atoms with Crippen LogP contribution in [0.1, 0.15) is 30.9 Å². The van der Waals surface area contributed by atoms with Crippen LogP contribution in [0.15, 0.2) is 42.5 Å². The summed E-state index contributed by atoms with van der Waals surface area (Å²) in [5.41, 5.74) is 2.48. The van der Waals surface area contributed by atoms with Crippen molar-refractivity contribution in [2.45, 2.75) is 38.9 Å². The molecule has 2 aromatic carbocycles. The molecular formula is C22H27Cl2N3O3S. The molecule has 6 nitrogen and oxygen atoms in total. The van der Waals surface area contributed by atoms with E-state index in [1.807, 2.05) is 18.2 Å². The second-order valence-corrected chi connectivity index (χ2v) is 10.5. The zero-order chi connectivity index (χ0) is 22.6. The van der Waals surface area contributed by atoms with Crippen LogP contribution in [0.2, 0.25) is 10.0 Å². The predicted octanol–water partition coefficient (Wildman–Crippen LogP) is 4.06. The molecule has 1 heterocycles. The van der Waals surface area contributed by atoms with Crippen LogP contribution in [0.25, 0.3) is 0 Å². The summed E-state index contributed by atoms with van der Waals surface area (Å²) in [6.45, 7) is 4.90. The number of sulfonamides is 1. The molecule has 0 saturated carbocycles. The number of carbonyl (C=O) groups excluding carboxylic acids is 1. The van der Waals surface area contributed by atoms with E-state index in [1.54, 1.807) is 6.92 Å². The molecule has 1 unspecified atom stereocenters. The molecule has 0 aliphatic carbocycles. The lowest BCUT2D eigenvalue weighted by Gasteiger charge is -2.28. The Labute approximate surface area is 194 Å². The Morgan fingerprint density at radius 2 is 1.74 bits per heavy atom. The monoisotopic (exact) mass is 483 g/mol. The van der Waals surface area contributed by atoms with Crippen LogP contribution < -0.4 is 9.62 Å². The SMILES string of the molecule is CC(C(=O)NCc1ccccc1CN1CCCC1)N(c1ccc(Cl)c(Cl)c1)S(C)(=O)=O. The number of anilines is 1. The van der Waals surface area contributed by atoms with Crippen molar-refractivity contribution in [2.24, 2.45) is 0 Å². The van der Waals surface area contributed by atoms with E-state index in [0.717, 1.165) is 35.8 Å². The summed E-state index contributed by atoms with van der Waals surface area (Å²) in [6, 6.07) is 11.5. The lowest BCUT2D eigenvalue weighted by molar-refractivity contribution is -0.122. The number of hydrogen-bond donors (Lipinski definition) is 1.